The van der Waals surface area contributed by atoms with Crippen LogP contribution in [0.3, 0.4) is 0 Å². The first-order valence-electron chi connectivity index (χ1n) is 7.95. The van der Waals surface area contributed by atoms with Crippen LogP contribution < -0.4 is 4.74 Å². The maximum Gasteiger partial charge on any atom is 0.150 e. The van der Waals surface area contributed by atoms with E-state index in [0.29, 0.717) is 21.5 Å². The van der Waals surface area contributed by atoms with Gasteiger partial charge in [-0.1, -0.05) is 59.6 Å². The molecule has 0 radical (unpaired) electrons. The van der Waals surface area contributed by atoms with E-state index in [9.17, 15) is 0 Å². The Bertz CT molecular complexity index is 914. The van der Waals surface area contributed by atoms with Crippen LogP contribution >= 0.6 is 23.2 Å². The normalized spacial score (nSPS) is 14.4. The van der Waals surface area contributed by atoms with E-state index < -0.39 is 5.60 Å². The molecule has 3 aromatic rings. The van der Waals surface area contributed by atoms with Crippen molar-refractivity contribution in [2.75, 3.05) is 7.11 Å². The van der Waals surface area contributed by atoms with Crippen LogP contribution in [0.2, 0.25) is 10.0 Å². The third kappa shape index (κ3) is 2.44. The summed E-state index contributed by atoms with van der Waals surface area (Å²) < 4.78 is 12.3. The number of fused-ring (bicyclic) bond motifs is 2. The Morgan fingerprint density at radius 3 is 1.88 bits per heavy atom. The lowest BCUT2D eigenvalue weighted by Crippen LogP contribution is -2.35. The minimum atomic E-state index is -0.788. The van der Waals surface area contributed by atoms with Gasteiger partial charge in [0.25, 0.3) is 0 Å². The molecule has 0 spiro atoms. The average Bonchev–Trinajstić information content (AvgIpc) is 2.60. The lowest BCUT2D eigenvalue weighted by Gasteiger charge is -2.40. The van der Waals surface area contributed by atoms with E-state index in [0.717, 1.165) is 22.3 Å². The first-order valence-corrected chi connectivity index (χ1v) is 8.71. The van der Waals surface area contributed by atoms with Crippen molar-refractivity contribution >= 4 is 23.2 Å². The third-order valence-corrected chi connectivity index (χ3v) is 5.17. The van der Waals surface area contributed by atoms with Crippen molar-refractivity contribution < 1.29 is 9.47 Å². The Morgan fingerprint density at radius 1 is 0.800 bits per heavy atom. The second-order valence-corrected chi connectivity index (χ2v) is 6.96. The average molecular weight is 371 g/mol. The molecule has 0 saturated carbocycles. The summed E-state index contributed by atoms with van der Waals surface area (Å²) >= 11 is 12.4. The summed E-state index contributed by atoms with van der Waals surface area (Å²) in [7, 11) is 1.72. The number of aryl methyl sites for hydroxylation is 1. The Labute approximate surface area is 156 Å². The Morgan fingerprint density at radius 2 is 1.36 bits per heavy atom. The van der Waals surface area contributed by atoms with Crippen molar-refractivity contribution in [3.05, 3.63) is 93.0 Å². The van der Waals surface area contributed by atoms with E-state index in [1.165, 1.54) is 0 Å². The zero-order valence-electron chi connectivity index (χ0n) is 13.8. The number of rotatable bonds is 2. The summed E-state index contributed by atoms with van der Waals surface area (Å²) in [6.07, 6.45) is 0. The third-order valence-electron chi connectivity index (χ3n) is 4.70. The smallest absolute Gasteiger partial charge is 0.150 e. The van der Waals surface area contributed by atoms with E-state index in [1.807, 2.05) is 48.5 Å². The molecular formula is C21H16Cl2O2. The molecule has 0 bridgehead atoms. The molecule has 0 N–H and O–H groups in total. The summed E-state index contributed by atoms with van der Waals surface area (Å²) in [5.74, 6) is 1.35. The number of ether oxygens (including phenoxy) is 2. The summed E-state index contributed by atoms with van der Waals surface area (Å²) in [6.45, 7) is 2.08. The summed E-state index contributed by atoms with van der Waals surface area (Å²) in [5, 5.41) is 1.22. The molecule has 0 aliphatic carbocycles. The summed E-state index contributed by atoms with van der Waals surface area (Å²) in [5.41, 5.74) is 3.25. The van der Waals surface area contributed by atoms with Gasteiger partial charge in [-0.2, -0.15) is 0 Å². The van der Waals surface area contributed by atoms with E-state index in [-0.39, 0.29) is 0 Å². The number of halogens is 2. The lowest BCUT2D eigenvalue weighted by atomic mass is 9.76. The van der Waals surface area contributed by atoms with Crippen LogP contribution in [0.1, 0.15) is 22.3 Å². The second kappa shape index (κ2) is 6.06. The molecule has 2 nitrogen and oxygen atoms in total. The zero-order chi connectivity index (χ0) is 17.6. The molecule has 25 heavy (non-hydrogen) atoms. The van der Waals surface area contributed by atoms with Crippen molar-refractivity contribution in [3.63, 3.8) is 0 Å². The fraction of sp³-hybridized carbons (Fsp3) is 0.143. The van der Waals surface area contributed by atoms with Crippen molar-refractivity contribution in [2.24, 2.45) is 0 Å². The van der Waals surface area contributed by atoms with Crippen LogP contribution in [0.4, 0.5) is 0 Å². The van der Waals surface area contributed by atoms with E-state index in [1.54, 1.807) is 7.11 Å². The Hall–Kier alpha value is -2.00. The molecule has 4 rings (SSSR count). The molecule has 126 valence electrons. The van der Waals surface area contributed by atoms with E-state index >= 15 is 0 Å². The molecule has 0 unspecified atom stereocenters. The molecule has 1 aliphatic heterocycles. The van der Waals surface area contributed by atoms with Crippen LogP contribution in [0.5, 0.6) is 11.5 Å². The van der Waals surface area contributed by atoms with Gasteiger partial charge >= 0.3 is 0 Å². The minimum Gasteiger partial charge on any atom is -0.456 e. The quantitative estimate of drug-likeness (QED) is 0.523. The van der Waals surface area contributed by atoms with Crippen molar-refractivity contribution in [2.45, 2.75) is 12.5 Å². The molecule has 0 atom stereocenters. The van der Waals surface area contributed by atoms with Crippen molar-refractivity contribution in [3.8, 4) is 11.5 Å². The van der Waals surface area contributed by atoms with Gasteiger partial charge in [-0.05, 0) is 42.3 Å². The van der Waals surface area contributed by atoms with Crippen LogP contribution in [-0.2, 0) is 10.3 Å². The summed E-state index contributed by atoms with van der Waals surface area (Å²) in [6, 6.07) is 19.5. The van der Waals surface area contributed by atoms with Crippen molar-refractivity contribution in [1.82, 2.24) is 0 Å². The fourth-order valence-corrected chi connectivity index (χ4v) is 3.92. The van der Waals surface area contributed by atoms with Gasteiger partial charge in [0.05, 0.1) is 0 Å². The van der Waals surface area contributed by atoms with Crippen LogP contribution in [-0.4, -0.2) is 7.11 Å². The van der Waals surface area contributed by atoms with E-state index in [4.69, 9.17) is 32.7 Å². The predicted molar refractivity (Wildman–Crippen MR) is 101 cm³/mol. The SMILES string of the molecule is COC1(c2ccccc2C)c2ccc(Cl)cc2Oc2cc(Cl)ccc21. The van der Waals surface area contributed by atoms with Crippen molar-refractivity contribution in [1.29, 1.82) is 0 Å². The second-order valence-electron chi connectivity index (χ2n) is 6.08. The molecule has 0 fully saturated rings. The number of hydrogen-bond donors (Lipinski definition) is 0. The Kier molecular flexibility index (Phi) is 3.99. The maximum atomic E-state index is 6.21. The highest BCUT2D eigenvalue weighted by atomic mass is 35.5. The first-order chi connectivity index (χ1) is 12.1. The molecule has 1 heterocycles. The first kappa shape index (κ1) is 16.5. The predicted octanol–water partition coefficient (Wildman–Crippen LogP) is 6.35. The molecule has 0 amide bonds. The molecule has 0 aromatic heterocycles. The summed E-state index contributed by atoms with van der Waals surface area (Å²) in [4.78, 5) is 0. The van der Waals surface area contributed by atoms with Gasteiger partial charge in [0.1, 0.15) is 11.5 Å². The fourth-order valence-electron chi connectivity index (χ4n) is 3.59. The highest BCUT2D eigenvalue weighted by Crippen LogP contribution is 2.53. The highest BCUT2D eigenvalue weighted by Gasteiger charge is 2.45. The lowest BCUT2D eigenvalue weighted by molar-refractivity contribution is 0.0494. The topological polar surface area (TPSA) is 18.5 Å². The molecule has 4 heteroatoms. The van der Waals surface area contributed by atoms with Gasteiger partial charge in [-0.3, -0.25) is 0 Å². The molecule has 3 aromatic carbocycles. The molecule has 0 saturated heterocycles. The molecule has 1 aliphatic rings. The monoisotopic (exact) mass is 370 g/mol. The number of hydrogen-bond acceptors (Lipinski definition) is 2. The Balaban J connectivity index is 2.12. The van der Waals surface area contributed by atoms with E-state index in [2.05, 4.69) is 19.1 Å². The van der Waals surface area contributed by atoms with Gasteiger partial charge in [0.15, 0.2) is 5.60 Å². The maximum absolute atomic E-state index is 6.21. The zero-order valence-corrected chi connectivity index (χ0v) is 15.4. The largest absolute Gasteiger partial charge is 0.456 e. The number of methoxy groups -OCH3 is 1. The number of benzene rings is 3. The highest BCUT2D eigenvalue weighted by molar-refractivity contribution is 6.31. The minimum absolute atomic E-state index is 0.610. The van der Waals surface area contributed by atoms with Gasteiger partial charge in [0.2, 0.25) is 0 Å². The standard InChI is InChI=1S/C21H16Cl2O2/c1-13-5-3-4-6-16(13)21(24-2)17-9-7-14(22)11-19(17)25-20-12-15(23)8-10-18(20)21/h3-12H,1-2H3. The van der Waals surface area contributed by atoms with Crippen LogP contribution in [0.15, 0.2) is 60.7 Å². The van der Waals surface area contributed by atoms with Gasteiger partial charge in [0, 0.05) is 28.3 Å². The van der Waals surface area contributed by atoms with Gasteiger partial charge in [-0.15, -0.1) is 0 Å². The van der Waals surface area contributed by atoms with Gasteiger partial charge in [-0.25, -0.2) is 0 Å². The van der Waals surface area contributed by atoms with Gasteiger partial charge < -0.3 is 9.47 Å². The van der Waals surface area contributed by atoms with Crippen LogP contribution in [0.25, 0.3) is 0 Å². The van der Waals surface area contributed by atoms with Crippen LogP contribution in [0, 0.1) is 6.92 Å². The molecular weight excluding hydrogens is 355 g/mol.